The zero-order valence-electron chi connectivity index (χ0n) is 18.4. The molecule has 33 heavy (non-hydrogen) atoms. The molecule has 1 aliphatic carbocycles. The first-order chi connectivity index (χ1) is 16.0. The van der Waals surface area contributed by atoms with Crippen molar-refractivity contribution < 1.29 is 24.2 Å². The number of benzene rings is 2. The van der Waals surface area contributed by atoms with Gasteiger partial charge in [0.15, 0.2) is 0 Å². The summed E-state index contributed by atoms with van der Waals surface area (Å²) in [6.45, 7) is 1.26. The van der Waals surface area contributed by atoms with Crippen LogP contribution in [0.3, 0.4) is 0 Å². The maximum atomic E-state index is 12.5. The van der Waals surface area contributed by atoms with Crippen LogP contribution in [-0.2, 0) is 9.59 Å². The van der Waals surface area contributed by atoms with Crippen LogP contribution in [0.4, 0.5) is 5.69 Å². The van der Waals surface area contributed by atoms with E-state index in [0.717, 1.165) is 11.3 Å². The van der Waals surface area contributed by atoms with Crippen molar-refractivity contribution in [2.24, 2.45) is 5.92 Å². The average molecular weight is 452 g/mol. The molecule has 0 saturated heterocycles. The van der Waals surface area contributed by atoms with Crippen LogP contribution in [0.1, 0.15) is 47.5 Å². The van der Waals surface area contributed by atoms with Gasteiger partial charge in [-0.15, -0.1) is 0 Å². The Kier molecular flexibility index (Phi) is 7.12. The molecule has 1 heterocycles. The number of amides is 2. The molecule has 0 radical (unpaired) electrons. The van der Waals surface area contributed by atoms with E-state index in [1.165, 1.54) is 0 Å². The topological polar surface area (TPSA) is 117 Å². The number of carbonyl (C=O) groups excluding carboxylic acids is 2. The number of carbonyl (C=O) groups is 3. The van der Waals surface area contributed by atoms with Crippen LogP contribution >= 0.6 is 0 Å². The van der Waals surface area contributed by atoms with Gasteiger partial charge < -0.3 is 25.8 Å². The summed E-state index contributed by atoms with van der Waals surface area (Å²) >= 11 is 0. The van der Waals surface area contributed by atoms with Crippen molar-refractivity contribution in [2.75, 3.05) is 25.0 Å². The number of nitrogens with one attached hydrogen (secondary N) is 3. The molecule has 0 aromatic heterocycles. The SMILES string of the molecule is O=C(NCCNC(=O)C1CNc2ccccc21)c1ccc(O[C@H]2CC[C@@H](C(=O)O)CC2)cc1. The molecule has 4 N–H and O–H groups in total. The highest BCUT2D eigenvalue weighted by molar-refractivity contribution is 5.94. The molecule has 1 atom stereocenters. The largest absolute Gasteiger partial charge is 0.490 e. The lowest BCUT2D eigenvalue weighted by molar-refractivity contribution is -0.143. The molecule has 1 fully saturated rings. The normalized spacial score (nSPS) is 21.4. The van der Waals surface area contributed by atoms with Gasteiger partial charge in [-0.3, -0.25) is 14.4 Å². The molecule has 4 rings (SSSR count). The monoisotopic (exact) mass is 451 g/mol. The summed E-state index contributed by atoms with van der Waals surface area (Å²) in [7, 11) is 0. The van der Waals surface area contributed by atoms with Crippen LogP contribution in [-0.4, -0.2) is 48.6 Å². The molecule has 2 aromatic rings. The van der Waals surface area contributed by atoms with Crippen LogP contribution < -0.4 is 20.7 Å². The number of aliphatic carboxylic acids is 1. The number of carboxylic acid groups (broad SMARTS) is 1. The number of anilines is 1. The molecule has 2 aromatic carbocycles. The van der Waals surface area contributed by atoms with Gasteiger partial charge in [0.25, 0.3) is 5.91 Å². The summed E-state index contributed by atoms with van der Waals surface area (Å²) in [6, 6.07) is 14.7. The van der Waals surface area contributed by atoms with Gasteiger partial charge in [0.2, 0.25) is 5.91 Å². The van der Waals surface area contributed by atoms with Crippen molar-refractivity contribution in [3.8, 4) is 5.75 Å². The Morgan fingerprint density at radius 1 is 0.939 bits per heavy atom. The second kappa shape index (κ2) is 10.4. The number of carboxylic acids is 1. The first-order valence-electron chi connectivity index (χ1n) is 11.4. The van der Waals surface area contributed by atoms with Crippen LogP contribution in [0, 0.1) is 5.92 Å². The Morgan fingerprint density at radius 3 is 2.36 bits per heavy atom. The molecule has 1 saturated carbocycles. The molecular formula is C25H29N3O5. The number of ether oxygens (including phenoxy) is 1. The molecule has 2 amide bonds. The predicted molar refractivity (Wildman–Crippen MR) is 123 cm³/mol. The standard InChI is InChI=1S/C25H29N3O5/c29-23(26-13-14-27-24(30)21-15-28-22-4-2-1-3-20(21)22)16-5-9-18(10-6-16)33-19-11-7-17(8-12-19)25(31)32/h1-6,9-10,17,19,21,28H,7-8,11-15H2,(H,26,29)(H,27,30)(H,31,32)/t17-,19+,21?. The highest BCUT2D eigenvalue weighted by Crippen LogP contribution is 2.31. The number of hydrogen-bond acceptors (Lipinski definition) is 5. The fourth-order valence-corrected chi connectivity index (χ4v) is 4.41. The van der Waals surface area contributed by atoms with Gasteiger partial charge >= 0.3 is 5.97 Å². The summed E-state index contributed by atoms with van der Waals surface area (Å²) in [6.07, 6.45) is 2.69. The Hall–Kier alpha value is -3.55. The summed E-state index contributed by atoms with van der Waals surface area (Å²) in [5.74, 6) is -0.825. The van der Waals surface area contributed by atoms with Crippen LogP contribution in [0.25, 0.3) is 0 Å². The zero-order chi connectivity index (χ0) is 23.2. The van der Waals surface area contributed by atoms with E-state index in [1.54, 1.807) is 24.3 Å². The molecule has 1 aliphatic heterocycles. The van der Waals surface area contributed by atoms with E-state index in [0.29, 0.717) is 56.6 Å². The van der Waals surface area contributed by atoms with Crippen molar-refractivity contribution in [1.82, 2.24) is 10.6 Å². The summed E-state index contributed by atoms with van der Waals surface area (Å²) in [5, 5.41) is 18.0. The number of rotatable bonds is 8. The Bertz CT molecular complexity index is 999. The third-order valence-corrected chi connectivity index (χ3v) is 6.30. The minimum absolute atomic E-state index is 0.00548. The highest BCUT2D eigenvalue weighted by atomic mass is 16.5. The minimum Gasteiger partial charge on any atom is -0.490 e. The van der Waals surface area contributed by atoms with Gasteiger partial charge in [-0.25, -0.2) is 0 Å². The molecule has 174 valence electrons. The van der Waals surface area contributed by atoms with E-state index in [-0.39, 0.29) is 29.8 Å². The Labute approximate surface area is 192 Å². The van der Waals surface area contributed by atoms with Crippen LogP contribution in [0.2, 0.25) is 0 Å². The fraction of sp³-hybridized carbons (Fsp3) is 0.400. The third-order valence-electron chi connectivity index (χ3n) is 6.30. The zero-order valence-corrected chi connectivity index (χ0v) is 18.4. The van der Waals surface area contributed by atoms with Gasteiger partial charge in [0.1, 0.15) is 5.75 Å². The second-order valence-corrected chi connectivity index (χ2v) is 8.52. The Morgan fingerprint density at radius 2 is 1.64 bits per heavy atom. The van der Waals surface area contributed by atoms with Crippen molar-refractivity contribution >= 4 is 23.5 Å². The van der Waals surface area contributed by atoms with Crippen molar-refractivity contribution in [2.45, 2.75) is 37.7 Å². The van der Waals surface area contributed by atoms with E-state index < -0.39 is 5.97 Å². The smallest absolute Gasteiger partial charge is 0.306 e. The lowest BCUT2D eigenvalue weighted by Gasteiger charge is -2.26. The van der Waals surface area contributed by atoms with Crippen molar-refractivity contribution in [3.05, 3.63) is 59.7 Å². The molecule has 2 aliphatic rings. The van der Waals surface area contributed by atoms with Crippen molar-refractivity contribution in [1.29, 1.82) is 0 Å². The van der Waals surface area contributed by atoms with Gasteiger partial charge in [0, 0.05) is 30.9 Å². The molecule has 8 heteroatoms. The first-order valence-corrected chi connectivity index (χ1v) is 11.4. The summed E-state index contributed by atoms with van der Waals surface area (Å²) in [5.41, 5.74) is 2.50. The lowest BCUT2D eigenvalue weighted by atomic mass is 9.87. The first kappa shape index (κ1) is 22.6. The van der Waals surface area contributed by atoms with Gasteiger partial charge in [-0.1, -0.05) is 18.2 Å². The summed E-state index contributed by atoms with van der Waals surface area (Å²) in [4.78, 5) is 35.9. The van der Waals surface area contributed by atoms with E-state index in [1.807, 2.05) is 24.3 Å². The fourth-order valence-electron chi connectivity index (χ4n) is 4.41. The van der Waals surface area contributed by atoms with E-state index >= 15 is 0 Å². The van der Waals surface area contributed by atoms with Crippen LogP contribution in [0.5, 0.6) is 5.75 Å². The lowest BCUT2D eigenvalue weighted by Crippen LogP contribution is -2.37. The highest BCUT2D eigenvalue weighted by Gasteiger charge is 2.28. The Balaban J connectivity index is 1.17. The van der Waals surface area contributed by atoms with Gasteiger partial charge in [-0.2, -0.15) is 0 Å². The van der Waals surface area contributed by atoms with Crippen molar-refractivity contribution in [3.63, 3.8) is 0 Å². The number of hydrogen-bond donors (Lipinski definition) is 4. The molecule has 0 spiro atoms. The predicted octanol–water partition coefficient (Wildman–Crippen LogP) is 2.76. The quantitative estimate of drug-likeness (QED) is 0.459. The maximum absolute atomic E-state index is 12.5. The molecule has 8 nitrogen and oxygen atoms in total. The molecular weight excluding hydrogens is 422 g/mol. The van der Waals surface area contributed by atoms with E-state index in [4.69, 9.17) is 9.84 Å². The second-order valence-electron chi connectivity index (χ2n) is 8.52. The van der Waals surface area contributed by atoms with Gasteiger partial charge in [0.05, 0.1) is 17.9 Å². The van der Waals surface area contributed by atoms with Crippen LogP contribution in [0.15, 0.2) is 48.5 Å². The summed E-state index contributed by atoms with van der Waals surface area (Å²) < 4.78 is 5.94. The number of fused-ring (bicyclic) bond motifs is 1. The van der Waals surface area contributed by atoms with E-state index in [9.17, 15) is 14.4 Å². The average Bonchev–Trinajstić information content (AvgIpc) is 3.27. The van der Waals surface area contributed by atoms with Gasteiger partial charge in [-0.05, 0) is 61.6 Å². The third kappa shape index (κ3) is 5.63. The number of para-hydroxylation sites is 1. The maximum Gasteiger partial charge on any atom is 0.306 e. The van der Waals surface area contributed by atoms with E-state index in [2.05, 4.69) is 16.0 Å². The minimum atomic E-state index is -0.732. The molecule has 0 bridgehead atoms. The molecule has 1 unspecified atom stereocenters.